The van der Waals surface area contributed by atoms with Crippen LogP contribution in [0.5, 0.6) is 11.5 Å². The number of likely N-dealkylation sites (tertiary alicyclic amines) is 1. The van der Waals surface area contributed by atoms with Gasteiger partial charge in [0.1, 0.15) is 17.3 Å². The number of methoxy groups -OCH3 is 1. The van der Waals surface area contributed by atoms with E-state index in [0.717, 1.165) is 6.54 Å². The molecule has 1 N–H and O–H groups in total. The molecule has 0 aliphatic carbocycles. The van der Waals surface area contributed by atoms with Gasteiger partial charge in [0.15, 0.2) is 0 Å². The van der Waals surface area contributed by atoms with Crippen LogP contribution in [0.3, 0.4) is 0 Å². The summed E-state index contributed by atoms with van der Waals surface area (Å²) in [5.74, 6) is -0.487. The number of ether oxygens (including phenoxy) is 2. The van der Waals surface area contributed by atoms with Gasteiger partial charge < -0.3 is 24.4 Å². The molecule has 0 radical (unpaired) electrons. The predicted octanol–water partition coefficient (Wildman–Crippen LogP) is 4.12. The Balaban J connectivity index is 2.08. The van der Waals surface area contributed by atoms with Crippen LogP contribution < -0.4 is 9.47 Å². The van der Waals surface area contributed by atoms with E-state index in [4.69, 9.17) is 21.1 Å². The Labute approximate surface area is 199 Å². The Morgan fingerprint density at radius 3 is 2.42 bits per heavy atom. The third kappa shape index (κ3) is 5.31. The van der Waals surface area contributed by atoms with Crippen LogP contribution in [0.15, 0.2) is 48.0 Å². The summed E-state index contributed by atoms with van der Waals surface area (Å²) >= 11 is 6.30. The van der Waals surface area contributed by atoms with E-state index in [1.54, 1.807) is 43.5 Å². The van der Waals surface area contributed by atoms with Gasteiger partial charge in [-0.15, -0.1) is 0 Å². The molecule has 1 heterocycles. The van der Waals surface area contributed by atoms with Crippen molar-refractivity contribution >= 4 is 29.1 Å². The number of amides is 1. The van der Waals surface area contributed by atoms with Gasteiger partial charge in [-0.1, -0.05) is 23.7 Å². The highest BCUT2D eigenvalue weighted by molar-refractivity contribution is 6.46. The lowest BCUT2D eigenvalue weighted by molar-refractivity contribution is -0.139. The first-order chi connectivity index (χ1) is 15.8. The van der Waals surface area contributed by atoms with E-state index < -0.39 is 17.7 Å². The Bertz CT molecular complexity index is 1050. The second-order valence-corrected chi connectivity index (χ2v) is 8.41. The number of aliphatic hydroxyl groups is 1. The molecule has 33 heavy (non-hydrogen) atoms. The molecule has 0 aromatic heterocycles. The fourth-order valence-electron chi connectivity index (χ4n) is 3.88. The number of hydrogen-bond acceptors (Lipinski definition) is 6. The van der Waals surface area contributed by atoms with Crippen LogP contribution in [0.25, 0.3) is 5.76 Å². The molecule has 0 bridgehead atoms. The van der Waals surface area contributed by atoms with Crippen LogP contribution in [0.1, 0.15) is 30.5 Å². The van der Waals surface area contributed by atoms with Crippen LogP contribution in [0.4, 0.5) is 0 Å². The lowest BCUT2D eigenvalue weighted by atomic mass is 9.95. The molecular formula is C25H29ClN2O5. The van der Waals surface area contributed by atoms with E-state index in [1.165, 1.54) is 11.0 Å². The lowest BCUT2D eigenvalue weighted by Crippen LogP contribution is -2.32. The van der Waals surface area contributed by atoms with E-state index in [1.807, 2.05) is 25.9 Å². The summed E-state index contributed by atoms with van der Waals surface area (Å²) in [6, 6.07) is 11.2. The number of carbonyl (C=O) groups excluding carboxylic acids is 2. The van der Waals surface area contributed by atoms with E-state index in [2.05, 4.69) is 0 Å². The number of aliphatic hydroxyl groups excluding tert-OH is 1. The Morgan fingerprint density at radius 1 is 1.15 bits per heavy atom. The van der Waals surface area contributed by atoms with Crippen LogP contribution in [-0.4, -0.2) is 67.5 Å². The van der Waals surface area contributed by atoms with E-state index in [9.17, 15) is 14.7 Å². The highest BCUT2D eigenvalue weighted by atomic mass is 35.5. The highest BCUT2D eigenvalue weighted by Gasteiger charge is 2.45. The largest absolute Gasteiger partial charge is 0.507 e. The molecule has 1 amide bonds. The average Bonchev–Trinajstić information content (AvgIpc) is 3.05. The Morgan fingerprint density at radius 2 is 1.85 bits per heavy atom. The SMILES string of the molecule is CCOc1ccc(C(O)=C2C(=O)C(=O)N(CCCN(C)C)[C@@H]2c2ccc(OC)cc2)cc1Cl. The van der Waals surface area contributed by atoms with E-state index >= 15 is 0 Å². The van der Waals surface area contributed by atoms with Crippen molar-refractivity contribution in [2.24, 2.45) is 0 Å². The number of benzene rings is 2. The monoisotopic (exact) mass is 472 g/mol. The van der Waals surface area contributed by atoms with Gasteiger partial charge in [0.25, 0.3) is 11.7 Å². The van der Waals surface area contributed by atoms with Crippen molar-refractivity contribution in [1.29, 1.82) is 0 Å². The molecule has 2 aromatic rings. The molecule has 176 valence electrons. The van der Waals surface area contributed by atoms with Crippen molar-refractivity contribution in [2.75, 3.05) is 40.9 Å². The van der Waals surface area contributed by atoms with Gasteiger partial charge in [-0.05, 0) is 69.9 Å². The molecule has 2 aromatic carbocycles. The quantitative estimate of drug-likeness (QED) is 0.336. The van der Waals surface area contributed by atoms with Gasteiger partial charge in [-0.2, -0.15) is 0 Å². The first-order valence-electron chi connectivity index (χ1n) is 10.8. The molecule has 3 rings (SSSR count). The molecule has 0 spiro atoms. The topological polar surface area (TPSA) is 79.3 Å². The molecule has 7 nitrogen and oxygen atoms in total. The fraction of sp³-hybridized carbons (Fsp3) is 0.360. The summed E-state index contributed by atoms with van der Waals surface area (Å²) in [4.78, 5) is 29.6. The third-order valence-electron chi connectivity index (χ3n) is 5.48. The maximum Gasteiger partial charge on any atom is 0.295 e. The molecule has 8 heteroatoms. The molecule has 1 saturated heterocycles. The summed E-state index contributed by atoms with van der Waals surface area (Å²) in [6.07, 6.45) is 0.682. The average molecular weight is 473 g/mol. The minimum absolute atomic E-state index is 0.0373. The number of carbonyl (C=O) groups is 2. The predicted molar refractivity (Wildman–Crippen MR) is 128 cm³/mol. The van der Waals surface area contributed by atoms with Gasteiger partial charge in [-0.25, -0.2) is 0 Å². The second-order valence-electron chi connectivity index (χ2n) is 8.00. The normalized spacial score (nSPS) is 17.6. The number of rotatable bonds is 9. The van der Waals surface area contributed by atoms with Crippen molar-refractivity contribution < 1.29 is 24.2 Å². The van der Waals surface area contributed by atoms with Crippen molar-refractivity contribution in [3.05, 3.63) is 64.2 Å². The summed E-state index contributed by atoms with van der Waals surface area (Å²) in [6.45, 7) is 3.42. The van der Waals surface area contributed by atoms with Gasteiger partial charge in [-0.3, -0.25) is 9.59 Å². The van der Waals surface area contributed by atoms with E-state index in [-0.39, 0.29) is 11.3 Å². The van der Waals surface area contributed by atoms with Crippen molar-refractivity contribution in [3.8, 4) is 11.5 Å². The van der Waals surface area contributed by atoms with Crippen molar-refractivity contribution in [2.45, 2.75) is 19.4 Å². The van der Waals surface area contributed by atoms with Gasteiger partial charge in [0, 0.05) is 12.1 Å². The number of ketones is 1. The Hall–Kier alpha value is -3.03. The zero-order valence-corrected chi connectivity index (χ0v) is 20.1. The molecule has 0 saturated carbocycles. The molecule has 1 aliphatic heterocycles. The number of Topliss-reactive ketones (excluding diaryl/α,β-unsaturated/α-hetero) is 1. The second kappa shape index (κ2) is 10.7. The number of halogens is 1. The minimum Gasteiger partial charge on any atom is -0.507 e. The smallest absolute Gasteiger partial charge is 0.295 e. The highest BCUT2D eigenvalue weighted by Crippen LogP contribution is 2.40. The van der Waals surface area contributed by atoms with Gasteiger partial charge in [0.2, 0.25) is 0 Å². The Kier molecular flexibility index (Phi) is 8.00. The zero-order valence-electron chi connectivity index (χ0n) is 19.3. The molecule has 1 fully saturated rings. The summed E-state index contributed by atoms with van der Waals surface area (Å²) < 4.78 is 10.7. The number of nitrogens with zero attached hydrogens (tertiary/aromatic N) is 2. The first-order valence-corrected chi connectivity index (χ1v) is 11.2. The lowest BCUT2D eigenvalue weighted by Gasteiger charge is -2.26. The first kappa shape index (κ1) is 24.6. The summed E-state index contributed by atoms with van der Waals surface area (Å²) in [5, 5.41) is 11.5. The summed E-state index contributed by atoms with van der Waals surface area (Å²) in [5.41, 5.74) is 1.09. The van der Waals surface area contributed by atoms with Crippen LogP contribution in [-0.2, 0) is 9.59 Å². The summed E-state index contributed by atoms with van der Waals surface area (Å²) in [7, 11) is 5.47. The van der Waals surface area contributed by atoms with E-state index in [0.29, 0.717) is 47.2 Å². The molecule has 1 aliphatic rings. The van der Waals surface area contributed by atoms with Gasteiger partial charge >= 0.3 is 0 Å². The fourth-order valence-corrected chi connectivity index (χ4v) is 4.11. The van der Waals surface area contributed by atoms with Crippen LogP contribution in [0.2, 0.25) is 5.02 Å². The third-order valence-corrected chi connectivity index (χ3v) is 5.78. The van der Waals surface area contributed by atoms with Crippen molar-refractivity contribution in [1.82, 2.24) is 9.80 Å². The van der Waals surface area contributed by atoms with Gasteiger partial charge in [0.05, 0.1) is 30.4 Å². The molecule has 0 unspecified atom stereocenters. The maximum atomic E-state index is 13.1. The zero-order chi connectivity index (χ0) is 24.1. The maximum absolute atomic E-state index is 13.1. The standard InChI is InChI=1S/C25H29ClN2O5/c1-5-33-20-12-9-17(15-19(20)26)23(29)21-22(16-7-10-18(32-4)11-8-16)28(25(31)24(21)30)14-6-13-27(2)3/h7-12,15,22,29H,5-6,13-14H2,1-4H3/t22-/m1/s1. The van der Waals surface area contributed by atoms with Crippen molar-refractivity contribution in [3.63, 3.8) is 0 Å². The number of hydrogen-bond donors (Lipinski definition) is 1. The molecular weight excluding hydrogens is 444 g/mol. The van der Waals surface area contributed by atoms with Crippen LogP contribution in [0, 0.1) is 0 Å². The molecule has 1 atom stereocenters. The minimum atomic E-state index is -0.719. The van der Waals surface area contributed by atoms with Crippen LogP contribution >= 0.6 is 11.6 Å².